The molecule has 0 unspecified atom stereocenters. The van der Waals surface area contributed by atoms with E-state index < -0.39 is 11.7 Å². The topological polar surface area (TPSA) is 59.4 Å². The molecule has 68 heavy (non-hydrogen) atoms. The number of hydrogen-bond donors (Lipinski definition) is 0. The van der Waals surface area contributed by atoms with E-state index >= 15 is 13.2 Å². The van der Waals surface area contributed by atoms with Crippen molar-refractivity contribution in [3.05, 3.63) is 230 Å². The molecule has 0 aliphatic carbocycles. The first-order valence-electron chi connectivity index (χ1n) is 22.2. The van der Waals surface area contributed by atoms with Gasteiger partial charge in [0.2, 0.25) is 0 Å². The zero-order chi connectivity index (χ0) is 45.9. The molecule has 0 radical (unpaired) electrons. The lowest BCUT2D eigenvalue weighted by molar-refractivity contribution is -0.137. The molecule has 0 bridgehead atoms. The van der Waals surface area contributed by atoms with Crippen LogP contribution in [0.3, 0.4) is 0 Å². The number of nitriles is 1. The SMILES string of the molecule is N#Cc1cc(-n2c3ccccc3c3cc(-c4ccnc(-c5ccccc5)c4)ccc32)c(-c2ccccc2C(F)(F)F)c(-n2c3ccccc3c3cc(-c4ccnc(-c5ccccc5)c4)ccc32)c1. The maximum Gasteiger partial charge on any atom is 0.417 e. The van der Waals surface area contributed by atoms with Crippen molar-refractivity contribution in [3.63, 3.8) is 0 Å². The van der Waals surface area contributed by atoms with Crippen molar-refractivity contribution >= 4 is 43.6 Å². The first kappa shape index (κ1) is 40.4. The summed E-state index contributed by atoms with van der Waals surface area (Å²) in [6, 6.07) is 67.9. The van der Waals surface area contributed by atoms with Gasteiger partial charge >= 0.3 is 6.18 Å². The Morgan fingerprint density at radius 2 is 0.824 bits per heavy atom. The van der Waals surface area contributed by atoms with Gasteiger partial charge in [0.25, 0.3) is 0 Å². The molecule has 8 aromatic carbocycles. The highest BCUT2D eigenvalue weighted by atomic mass is 19.4. The predicted molar refractivity (Wildman–Crippen MR) is 268 cm³/mol. The van der Waals surface area contributed by atoms with Crippen molar-refractivity contribution in [3.8, 4) is 73.3 Å². The zero-order valence-electron chi connectivity index (χ0n) is 36.2. The largest absolute Gasteiger partial charge is 0.417 e. The van der Waals surface area contributed by atoms with Crippen LogP contribution in [0.25, 0.3) is 111 Å². The van der Waals surface area contributed by atoms with Crippen LogP contribution in [0.15, 0.2) is 219 Å². The molecule has 8 heteroatoms. The van der Waals surface area contributed by atoms with E-state index in [0.717, 1.165) is 94.4 Å². The summed E-state index contributed by atoms with van der Waals surface area (Å²) < 4.78 is 50.4. The molecule has 4 heterocycles. The molecule has 0 aliphatic heterocycles. The third kappa shape index (κ3) is 6.79. The van der Waals surface area contributed by atoms with Gasteiger partial charge < -0.3 is 9.13 Å². The standard InChI is InChI=1S/C60H36F3N5/c61-60(62,63)50-20-10-7-19-47(50)59-57(67-53-21-11-8-17-45(53)48-33-41(23-25-55(48)67)43-27-29-65-51(35-43)39-13-3-1-4-14-39)31-38(37-64)32-58(59)68-54-22-12-9-18-46(54)49-34-42(24-26-56(49)68)44-28-30-66-52(36-44)40-15-5-2-6-16-40/h1-36H. The van der Waals surface area contributed by atoms with Gasteiger partial charge in [-0.15, -0.1) is 0 Å². The number of fused-ring (bicyclic) bond motifs is 6. The smallest absolute Gasteiger partial charge is 0.308 e. The van der Waals surface area contributed by atoms with Gasteiger partial charge in [-0.1, -0.05) is 127 Å². The van der Waals surface area contributed by atoms with Gasteiger partial charge in [-0.2, -0.15) is 18.4 Å². The minimum atomic E-state index is -4.70. The van der Waals surface area contributed by atoms with Crippen LogP contribution in [0.1, 0.15) is 11.1 Å². The Morgan fingerprint density at radius 1 is 0.397 bits per heavy atom. The molecule has 0 spiro atoms. The molecule has 0 aliphatic rings. The lowest BCUT2D eigenvalue weighted by Crippen LogP contribution is -2.10. The number of benzene rings is 8. The van der Waals surface area contributed by atoms with E-state index in [1.807, 2.05) is 155 Å². The average molecular weight is 884 g/mol. The lowest BCUT2D eigenvalue weighted by Gasteiger charge is -2.23. The molecule has 0 N–H and O–H groups in total. The zero-order valence-corrected chi connectivity index (χ0v) is 36.2. The van der Waals surface area contributed by atoms with Gasteiger partial charge in [-0.3, -0.25) is 9.97 Å². The van der Waals surface area contributed by atoms with Crippen molar-refractivity contribution in [2.75, 3.05) is 0 Å². The van der Waals surface area contributed by atoms with Crippen LogP contribution in [-0.2, 0) is 6.18 Å². The molecule has 322 valence electrons. The summed E-state index contributed by atoms with van der Waals surface area (Å²) in [7, 11) is 0. The third-order valence-electron chi connectivity index (χ3n) is 12.9. The summed E-state index contributed by atoms with van der Waals surface area (Å²) >= 11 is 0. The van der Waals surface area contributed by atoms with Gasteiger partial charge in [0.05, 0.1) is 62.0 Å². The molecule has 0 amide bonds. The Bertz CT molecular complexity index is 3750. The highest BCUT2D eigenvalue weighted by Crippen LogP contribution is 2.47. The summed E-state index contributed by atoms with van der Waals surface area (Å²) in [6.07, 6.45) is -1.08. The number of aromatic nitrogens is 4. The molecular formula is C60H36F3N5. The van der Waals surface area contributed by atoms with Crippen molar-refractivity contribution in [2.45, 2.75) is 6.18 Å². The minimum absolute atomic E-state index is 0.00459. The van der Waals surface area contributed by atoms with Gasteiger partial charge in [0.15, 0.2) is 0 Å². The summed E-state index contributed by atoms with van der Waals surface area (Å²) in [4.78, 5) is 9.31. The van der Waals surface area contributed by atoms with E-state index in [9.17, 15) is 5.26 Å². The molecular weight excluding hydrogens is 848 g/mol. The van der Waals surface area contributed by atoms with E-state index in [1.165, 1.54) is 12.1 Å². The second-order valence-corrected chi connectivity index (χ2v) is 16.8. The average Bonchev–Trinajstić information content (AvgIpc) is 3.90. The minimum Gasteiger partial charge on any atom is -0.308 e. The summed E-state index contributed by atoms with van der Waals surface area (Å²) in [5, 5.41) is 14.5. The molecule has 0 saturated heterocycles. The van der Waals surface area contributed by atoms with Crippen LogP contribution in [0, 0.1) is 11.3 Å². The molecule has 4 aromatic heterocycles. The van der Waals surface area contributed by atoms with Crippen LogP contribution in [0.4, 0.5) is 13.2 Å². The van der Waals surface area contributed by atoms with Gasteiger partial charge in [-0.25, -0.2) is 0 Å². The Balaban J connectivity index is 1.13. The van der Waals surface area contributed by atoms with Gasteiger partial charge in [0, 0.05) is 50.6 Å². The van der Waals surface area contributed by atoms with E-state index in [1.54, 1.807) is 30.6 Å². The Labute approximate surface area is 388 Å². The first-order chi connectivity index (χ1) is 33.3. The highest BCUT2D eigenvalue weighted by molar-refractivity contribution is 6.13. The lowest BCUT2D eigenvalue weighted by atomic mass is 9.94. The van der Waals surface area contributed by atoms with Crippen LogP contribution >= 0.6 is 0 Å². The highest BCUT2D eigenvalue weighted by Gasteiger charge is 2.35. The number of para-hydroxylation sites is 2. The van der Waals surface area contributed by atoms with E-state index in [0.29, 0.717) is 22.5 Å². The van der Waals surface area contributed by atoms with E-state index in [4.69, 9.17) is 0 Å². The fourth-order valence-electron chi connectivity index (χ4n) is 9.83. The maximum absolute atomic E-state index is 15.4. The molecule has 12 aromatic rings. The van der Waals surface area contributed by atoms with Gasteiger partial charge in [-0.05, 0) is 107 Å². The summed E-state index contributed by atoms with van der Waals surface area (Å²) in [5.41, 5.74) is 11.4. The number of alkyl halides is 3. The second kappa shape index (κ2) is 16.1. The van der Waals surface area contributed by atoms with Crippen molar-refractivity contribution in [1.29, 1.82) is 5.26 Å². The van der Waals surface area contributed by atoms with Crippen LogP contribution in [0.5, 0.6) is 0 Å². The number of halogens is 3. The fraction of sp³-hybridized carbons (Fsp3) is 0.0167. The number of pyridine rings is 2. The third-order valence-corrected chi connectivity index (χ3v) is 12.9. The molecule has 12 rings (SSSR count). The number of nitrogens with zero attached hydrogens (tertiary/aromatic N) is 5. The van der Waals surface area contributed by atoms with Crippen LogP contribution < -0.4 is 0 Å². The molecule has 0 saturated carbocycles. The Kier molecular flexibility index (Phi) is 9.59. The number of rotatable bonds is 7. The molecule has 0 fully saturated rings. The van der Waals surface area contributed by atoms with E-state index in [2.05, 4.69) is 40.3 Å². The fourth-order valence-corrected chi connectivity index (χ4v) is 9.83. The van der Waals surface area contributed by atoms with Crippen molar-refractivity contribution in [2.24, 2.45) is 0 Å². The molecule has 0 atom stereocenters. The monoisotopic (exact) mass is 883 g/mol. The Morgan fingerprint density at radius 3 is 1.31 bits per heavy atom. The van der Waals surface area contributed by atoms with Gasteiger partial charge in [0.1, 0.15) is 0 Å². The van der Waals surface area contributed by atoms with Crippen molar-refractivity contribution in [1.82, 2.24) is 19.1 Å². The predicted octanol–water partition coefficient (Wildman–Crippen LogP) is 15.9. The summed E-state index contributed by atoms with van der Waals surface area (Å²) in [5.74, 6) is 0. The quantitative estimate of drug-likeness (QED) is 0.160. The normalized spacial score (nSPS) is 11.7. The van der Waals surface area contributed by atoms with Crippen LogP contribution in [-0.4, -0.2) is 19.1 Å². The second-order valence-electron chi connectivity index (χ2n) is 16.8. The maximum atomic E-state index is 15.4. The van der Waals surface area contributed by atoms with Crippen molar-refractivity contribution < 1.29 is 13.2 Å². The van der Waals surface area contributed by atoms with Crippen LogP contribution in [0.2, 0.25) is 0 Å². The first-order valence-corrected chi connectivity index (χ1v) is 22.2. The van der Waals surface area contributed by atoms with E-state index in [-0.39, 0.29) is 5.56 Å². The Hall–Kier alpha value is -9.06. The molecule has 5 nitrogen and oxygen atoms in total. The number of hydrogen-bond acceptors (Lipinski definition) is 3. The summed E-state index contributed by atoms with van der Waals surface area (Å²) in [6.45, 7) is 0.